The Morgan fingerprint density at radius 1 is 0.692 bits per heavy atom. The third-order valence-corrected chi connectivity index (χ3v) is 6.96. The smallest absolute Gasteiger partial charge is 0.245 e. The lowest BCUT2D eigenvalue weighted by molar-refractivity contribution is -0.144. The van der Waals surface area contributed by atoms with Crippen LogP contribution in [0.15, 0.2) is 30.3 Å². The number of carbonyl (C=O) groups is 4. The van der Waals surface area contributed by atoms with Gasteiger partial charge in [-0.1, -0.05) is 85.7 Å². The van der Waals surface area contributed by atoms with Crippen LogP contribution in [0, 0.1) is 23.7 Å². The van der Waals surface area contributed by atoms with Crippen molar-refractivity contribution in [2.24, 2.45) is 23.7 Å². The maximum atomic E-state index is 13.7. The summed E-state index contributed by atoms with van der Waals surface area (Å²) in [5, 5.41) is 11.7. The molecule has 1 rings (SSSR count). The predicted octanol–water partition coefficient (Wildman–Crippen LogP) is 2.35. The molecule has 0 aliphatic carbocycles. The highest BCUT2D eigenvalue weighted by molar-refractivity contribution is 5.95. The number of likely N-dealkylation sites (N-methyl/N-ethyl adjacent to an activating group) is 2. The van der Waals surface area contributed by atoms with Crippen LogP contribution in [0.1, 0.15) is 61.0 Å². The van der Waals surface area contributed by atoms with Crippen molar-refractivity contribution >= 4 is 23.6 Å². The lowest BCUT2D eigenvalue weighted by Crippen LogP contribution is -2.61. The molecule has 39 heavy (non-hydrogen) atoms. The highest BCUT2D eigenvalue weighted by Gasteiger charge is 2.37. The van der Waals surface area contributed by atoms with E-state index in [1.807, 2.05) is 85.7 Å². The average Bonchev–Trinajstić information content (AvgIpc) is 2.85. The first-order valence-corrected chi connectivity index (χ1v) is 14.1. The summed E-state index contributed by atoms with van der Waals surface area (Å²) < 4.78 is 0. The van der Waals surface area contributed by atoms with Crippen LogP contribution in [0.2, 0.25) is 0 Å². The molecule has 0 saturated heterocycles. The van der Waals surface area contributed by atoms with Crippen molar-refractivity contribution < 1.29 is 19.2 Å². The molecule has 1 aromatic carbocycles. The quantitative estimate of drug-likeness (QED) is 0.270. The van der Waals surface area contributed by atoms with Crippen molar-refractivity contribution in [1.29, 1.82) is 0 Å². The highest BCUT2D eigenvalue weighted by atomic mass is 16.2. The zero-order chi connectivity index (χ0) is 29.9. The van der Waals surface area contributed by atoms with E-state index in [0.29, 0.717) is 13.0 Å². The largest absolute Gasteiger partial charge is 0.354 e. The molecule has 1 aromatic rings. The molecule has 220 valence electrons. The van der Waals surface area contributed by atoms with Crippen LogP contribution in [0.3, 0.4) is 0 Å². The predicted molar refractivity (Wildman–Crippen MR) is 156 cm³/mol. The minimum atomic E-state index is -0.857. The maximum absolute atomic E-state index is 13.7. The van der Waals surface area contributed by atoms with Crippen molar-refractivity contribution in [2.45, 2.75) is 86.0 Å². The van der Waals surface area contributed by atoms with Gasteiger partial charge in [-0.2, -0.15) is 0 Å². The fourth-order valence-corrected chi connectivity index (χ4v) is 4.66. The van der Waals surface area contributed by atoms with Gasteiger partial charge in [-0.25, -0.2) is 0 Å². The topological polar surface area (TPSA) is 120 Å². The van der Waals surface area contributed by atoms with Crippen LogP contribution in [0.5, 0.6) is 0 Å². The third kappa shape index (κ3) is 10.3. The molecule has 0 radical (unpaired) electrons. The van der Waals surface area contributed by atoms with E-state index in [9.17, 15) is 19.2 Å². The van der Waals surface area contributed by atoms with Crippen LogP contribution < -0.4 is 21.3 Å². The van der Waals surface area contributed by atoms with E-state index >= 15 is 0 Å². The minimum Gasteiger partial charge on any atom is -0.354 e. The standard InChI is InChI=1S/C30H51N5O4/c1-18(2)23(31-9)27(36)33-24(19(3)4)28(37)34-25(20(5)6)30(39)35(10)26(21(7)8)29(38)32-17-16-22-14-12-11-13-15-22/h11-15,18-21,23-26,31H,16-17H2,1-10H3,(H,32,38)(H,33,36)(H,34,37)/t23-,24-,25-,26-/m0/s1. The number of amides is 4. The molecule has 0 aliphatic rings. The zero-order valence-electron chi connectivity index (χ0n) is 25.5. The first kappa shape index (κ1) is 34.1. The van der Waals surface area contributed by atoms with Crippen molar-refractivity contribution in [1.82, 2.24) is 26.2 Å². The Bertz CT molecular complexity index is 933. The van der Waals surface area contributed by atoms with Gasteiger partial charge in [0.05, 0.1) is 6.04 Å². The lowest BCUT2D eigenvalue weighted by atomic mass is 9.96. The van der Waals surface area contributed by atoms with E-state index in [2.05, 4.69) is 21.3 Å². The second-order valence-corrected chi connectivity index (χ2v) is 11.6. The fraction of sp³-hybridized carbons (Fsp3) is 0.667. The van der Waals surface area contributed by atoms with Gasteiger partial charge in [-0.3, -0.25) is 19.2 Å². The molecule has 4 atom stereocenters. The summed E-state index contributed by atoms with van der Waals surface area (Å²) in [7, 11) is 3.31. The van der Waals surface area contributed by atoms with Gasteiger partial charge in [0, 0.05) is 13.6 Å². The highest BCUT2D eigenvalue weighted by Crippen LogP contribution is 2.15. The van der Waals surface area contributed by atoms with E-state index < -0.39 is 30.1 Å². The Morgan fingerprint density at radius 2 is 1.18 bits per heavy atom. The Labute approximate surface area is 235 Å². The van der Waals surface area contributed by atoms with Gasteiger partial charge in [-0.15, -0.1) is 0 Å². The fourth-order valence-electron chi connectivity index (χ4n) is 4.66. The van der Waals surface area contributed by atoms with Gasteiger partial charge in [-0.05, 0) is 42.7 Å². The van der Waals surface area contributed by atoms with E-state index in [4.69, 9.17) is 0 Å². The molecule has 0 bridgehead atoms. The first-order valence-electron chi connectivity index (χ1n) is 14.1. The van der Waals surface area contributed by atoms with Crippen molar-refractivity contribution in [3.63, 3.8) is 0 Å². The van der Waals surface area contributed by atoms with Gasteiger partial charge in [0.15, 0.2) is 0 Å². The zero-order valence-corrected chi connectivity index (χ0v) is 25.5. The second kappa shape index (κ2) is 16.2. The van der Waals surface area contributed by atoms with Crippen LogP contribution >= 0.6 is 0 Å². The summed E-state index contributed by atoms with van der Waals surface area (Å²) >= 11 is 0. The molecule has 0 fully saturated rings. The van der Waals surface area contributed by atoms with Gasteiger partial charge >= 0.3 is 0 Å². The number of benzene rings is 1. The van der Waals surface area contributed by atoms with Crippen LogP contribution in [-0.4, -0.2) is 73.3 Å². The Morgan fingerprint density at radius 3 is 1.64 bits per heavy atom. The van der Waals surface area contributed by atoms with E-state index in [0.717, 1.165) is 5.56 Å². The van der Waals surface area contributed by atoms with Crippen molar-refractivity contribution in [3.05, 3.63) is 35.9 Å². The monoisotopic (exact) mass is 545 g/mol. The number of carbonyl (C=O) groups excluding carboxylic acids is 4. The number of hydrogen-bond donors (Lipinski definition) is 4. The number of nitrogens with zero attached hydrogens (tertiary/aromatic N) is 1. The molecule has 4 amide bonds. The van der Waals surface area contributed by atoms with Gasteiger partial charge in [0.2, 0.25) is 23.6 Å². The van der Waals surface area contributed by atoms with Gasteiger partial charge in [0.1, 0.15) is 18.1 Å². The van der Waals surface area contributed by atoms with Crippen LogP contribution in [0.25, 0.3) is 0 Å². The SMILES string of the molecule is CN[C@H](C(=O)N[C@H](C(=O)N[C@H](C(=O)N(C)[C@H](C(=O)NCCc1ccccc1)C(C)C)C(C)C)C(C)C)C(C)C. The number of hydrogen-bond acceptors (Lipinski definition) is 5. The van der Waals surface area contributed by atoms with Gasteiger partial charge < -0.3 is 26.2 Å². The van der Waals surface area contributed by atoms with Crippen LogP contribution in [0.4, 0.5) is 0 Å². The Balaban J connectivity index is 2.99. The molecule has 0 spiro atoms. The number of nitrogens with one attached hydrogen (secondary N) is 4. The summed E-state index contributed by atoms with van der Waals surface area (Å²) in [4.78, 5) is 54.5. The molecule has 9 heteroatoms. The molecule has 4 N–H and O–H groups in total. The normalized spacial score (nSPS) is 14.6. The summed E-state index contributed by atoms with van der Waals surface area (Å²) in [6, 6.07) is 7.06. The van der Waals surface area contributed by atoms with Crippen molar-refractivity contribution in [2.75, 3.05) is 20.6 Å². The van der Waals surface area contributed by atoms with Gasteiger partial charge in [0.25, 0.3) is 0 Å². The number of rotatable bonds is 15. The van der Waals surface area contributed by atoms with Crippen molar-refractivity contribution in [3.8, 4) is 0 Å². The molecular weight excluding hydrogens is 494 g/mol. The van der Waals surface area contributed by atoms with E-state index in [1.165, 1.54) is 4.90 Å². The van der Waals surface area contributed by atoms with E-state index in [1.54, 1.807) is 14.1 Å². The molecule has 0 unspecified atom stereocenters. The summed E-state index contributed by atoms with van der Waals surface area (Å²) in [5.74, 6) is -1.80. The summed E-state index contributed by atoms with van der Waals surface area (Å²) in [6.07, 6.45) is 0.688. The van der Waals surface area contributed by atoms with Crippen LogP contribution in [-0.2, 0) is 25.6 Å². The summed E-state index contributed by atoms with van der Waals surface area (Å²) in [5.41, 5.74) is 1.12. The lowest BCUT2D eigenvalue weighted by Gasteiger charge is -2.35. The maximum Gasteiger partial charge on any atom is 0.245 e. The van der Waals surface area contributed by atoms with E-state index in [-0.39, 0.29) is 41.4 Å². The second-order valence-electron chi connectivity index (χ2n) is 11.6. The average molecular weight is 546 g/mol. The first-order chi connectivity index (χ1) is 18.2. The molecule has 0 saturated carbocycles. The minimum absolute atomic E-state index is 0.0383. The Hall–Kier alpha value is -2.94. The third-order valence-electron chi connectivity index (χ3n) is 6.96. The summed E-state index contributed by atoms with van der Waals surface area (Å²) in [6.45, 7) is 15.5. The molecular formula is C30H51N5O4. The molecule has 0 aliphatic heterocycles. The Kier molecular flexibility index (Phi) is 14.2. The molecule has 0 heterocycles. The molecule has 0 aromatic heterocycles. The molecule has 9 nitrogen and oxygen atoms in total.